The molecule has 74 valence electrons. The molecular weight excluding hydrogens is 236 g/mol. The van der Waals surface area contributed by atoms with Crippen molar-refractivity contribution in [1.29, 1.82) is 0 Å². The predicted molar refractivity (Wildman–Crippen MR) is 62.1 cm³/mol. The molecule has 14 heavy (non-hydrogen) atoms. The van der Waals surface area contributed by atoms with E-state index < -0.39 is 0 Å². The lowest BCUT2D eigenvalue weighted by Gasteiger charge is -2.07. The molecule has 2 N–H and O–H groups in total. The standard InChI is InChI=1S/C9H9ClN2S2/c10-7-1-2-13-9(7)8(11)3-6-4-12-5-14-6/h1-2,4-5,8H,3,11H2. The lowest BCUT2D eigenvalue weighted by Crippen LogP contribution is -2.11. The van der Waals surface area contributed by atoms with Crippen LogP contribution in [0.1, 0.15) is 15.8 Å². The van der Waals surface area contributed by atoms with Crippen LogP contribution in [0.2, 0.25) is 5.02 Å². The van der Waals surface area contributed by atoms with Crippen molar-refractivity contribution in [3.8, 4) is 0 Å². The summed E-state index contributed by atoms with van der Waals surface area (Å²) < 4.78 is 0. The first kappa shape index (κ1) is 10.1. The Morgan fingerprint density at radius 3 is 2.93 bits per heavy atom. The molecule has 1 atom stereocenters. The summed E-state index contributed by atoms with van der Waals surface area (Å²) in [5.41, 5.74) is 7.85. The highest BCUT2D eigenvalue weighted by atomic mass is 35.5. The van der Waals surface area contributed by atoms with E-state index in [-0.39, 0.29) is 6.04 Å². The first-order chi connectivity index (χ1) is 6.77. The summed E-state index contributed by atoms with van der Waals surface area (Å²) in [4.78, 5) is 6.26. The predicted octanol–water partition coefficient (Wildman–Crippen LogP) is 3.10. The maximum Gasteiger partial charge on any atom is 0.0794 e. The molecule has 0 bridgehead atoms. The number of nitrogens with two attached hydrogens (primary N) is 1. The van der Waals surface area contributed by atoms with E-state index in [0.717, 1.165) is 16.3 Å². The zero-order valence-electron chi connectivity index (χ0n) is 7.31. The summed E-state index contributed by atoms with van der Waals surface area (Å²) in [6, 6.07) is 1.87. The Morgan fingerprint density at radius 1 is 1.50 bits per heavy atom. The zero-order valence-corrected chi connectivity index (χ0v) is 9.70. The molecule has 1 unspecified atom stereocenters. The molecule has 2 rings (SSSR count). The van der Waals surface area contributed by atoms with Gasteiger partial charge in [-0.1, -0.05) is 11.6 Å². The minimum atomic E-state index is -0.0112. The third-order valence-corrected chi connectivity index (χ3v) is 4.18. The number of hydrogen-bond donors (Lipinski definition) is 1. The Morgan fingerprint density at radius 2 is 2.36 bits per heavy atom. The van der Waals surface area contributed by atoms with Gasteiger partial charge in [0.25, 0.3) is 0 Å². The van der Waals surface area contributed by atoms with Gasteiger partial charge in [0, 0.05) is 28.4 Å². The number of thiophene rings is 1. The van der Waals surface area contributed by atoms with E-state index in [2.05, 4.69) is 4.98 Å². The third kappa shape index (κ3) is 2.15. The smallest absolute Gasteiger partial charge is 0.0794 e. The van der Waals surface area contributed by atoms with Crippen LogP contribution < -0.4 is 5.73 Å². The van der Waals surface area contributed by atoms with Gasteiger partial charge in [-0.15, -0.1) is 22.7 Å². The van der Waals surface area contributed by atoms with E-state index in [1.807, 2.05) is 23.2 Å². The monoisotopic (exact) mass is 244 g/mol. The lowest BCUT2D eigenvalue weighted by molar-refractivity contribution is 0.744. The summed E-state index contributed by atoms with van der Waals surface area (Å²) in [5.74, 6) is 0. The maximum absolute atomic E-state index is 6.04. The fourth-order valence-corrected chi connectivity index (χ4v) is 3.08. The van der Waals surface area contributed by atoms with Gasteiger partial charge in [0.1, 0.15) is 0 Å². The lowest BCUT2D eigenvalue weighted by atomic mass is 10.2. The number of nitrogens with zero attached hydrogens (tertiary/aromatic N) is 1. The van der Waals surface area contributed by atoms with Gasteiger partial charge in [-0.3, -0.25) is 4.98 Å². The Kier molecular flexibility index (Phi) is 3.18. The van der Waals surface area contributed by atoms with Gasteiger partial charge < -0.3 is 5.73 Å². The van der Waals surface area contributed by atoms with Gasteiger partial charge in [0.15, 0.2) is 0 Å². The van der Waals surface area contributed by atoms with Crippen LogP contribution in [0.25, 0.3) is 0 Å². The van der Waals surface area contributed by atoms with E-state index in [0.29, 0.717) is 0 Å². The van der Waals surface area contributed by atoms with Crippen LogP contribution in [0.5, 0.6) is 0 Å². The molecule has 0 aliphatic carbocycles. The van der Waals surface area contributed by atoms with Crippen molar-refractivity contribution in [3.05, 3.63) is 37.9 Å². The summed E-state index contributed by atoms with van der Waals surface area (Å²) in [6.07, 6.45) is 2.66. The Balaban J connectivity index is 2.10. The Hall–Kier alpha value is -0.420. The van der Waals surface area contributed by atoms with Crippen LogP contribution in [0, 0.1) is 0 Å². The van der Waals surface area contributed by atoms with Gasteiger partial charge >= 0.3 is 0 Å². The van der Waals surface area contributed by atoms with Crippen LogP contribution in [-0.2, 0) is 6.42 Å². The van der Waals surface area contributed by atoms with Crippen molar-refractivity contribution in [2.75, 3.05) is 0 Å². The molecule has 0 aliphatic rings. The average molecular weight is 245 g/mol. The molecule has 2 aromatic heterocycles. The topological polar surface area (TPSA) is 38.9 Å². The molecule has 0 aliphatic heterocycles. The molecule has 5 heteroatoms. The first-order valence-corrected chi connectivity index (χ1v) is 6.27. The van der Waals surface area contributed by atoms with Crippen LogP contribution in [-0.4, -0.2) is 4.98 Å². The van der Waals surface area contributed by atoms with E-state index in [9.17, 15) is 0 Å². The van der Waals surface area contributed by atoms with Gasteiger partial charge in [-0.2, -0.15) is 0 Å². The van der Waals surface area contributed by atoms with Crippen molar-refractivity contribution < 1.29 is 0 Å². The third-order valence-electron chi connectivity index (χ3n) is 1.89. The summed E-state index contributed by atoms with van der Waals surface area (Å²) >= 11 is 9.22. The van der Waals surface area contributed by atoms with Crippen LogP contribution in [0.15, 0.2) is 23.2 Å². The van der Waals surface area contributed by atoms with Crippen molar-refractivity contribution in [1.82, 2.24) is 4.98 Å². The number of rotatable bonds is 3. The zero-order chi connectivity index (χ0) is 9.97. The highest BCUT2D eigenvalue weighted by molar-refractivity contribution is 7.10. The quantitative estimate of drug-likeness (QED) is 0.901. The molecule has 2 nitrogen and oxygen atoms in total. The number of aromatic nitrogens is 1. The second kappa shape index (κ2) is 4.40. The normalized spacial score (nSPS) is 13.0. The van der Waals surface area contributed by atoms with Crippen LogP contribution in [0.3, 0.4) is 0 Å². The average Bonchev–Trinajstić information content (AvgIpc) is 2.75. The van der Waals surface area contributed by atoms with E-state index in [1.165, 1.54) is 4.88 Å². The second-order valence-electron chi connectivity index (χ2n) is 2.91. The van der Waals surface area contributed by atoms with Crippen LogP contribution >= 0.6 is 34.3 Å². The van der Waals surface area contributed by atoms with Gasteiger partial charge in [-0.25, -0.2) is 0 Å². The highest BCUT2D eigenvalue weighted by Crippen LogP contribution is 2.29. The van der Waals surface area contributed by atoms with Crippen molar-refractivity contribution in [3.63, 3.8) is 0 Å². The molecular formula is C9H9ClN2S2. The molecule has 2 heterocycles. The molecule has 0 spiro atoms. The fraction of sp³-hybridized carbons (Fsp3) is 0.222. The van der Waals surface area contributed by atoms with Gasteiger partial charge in [-0.05, 0) is 11.4 Å². The van der Waals surface area contributed by atoms with E-state index >= 15 is 0 Å². The second-order valence-corrected chi connectivity index (χ2v) is 5.24. The van der Waals surface area contributed by atoms with E-state index in [1.54, 1.807) is 22.7 Å². The summed E-state index contributed by atoms with van der Waals surface area (Å²) in [7, 11) is 0. The van der Waals surface area contributed by atoms with Crippen molar-refractivity contribution in [2.24, 2.45) is 5.73 Å². The minimum absolute atomic E-state index is 0.0112. The largest absolute Gasteiger partial charge is 0.323 e. The molecule has 2 aromatic rings. The minimum Gasteiger partial charge on any atom is -0.323 e. The summed E-state index contributed by atoms with van der Waals surface area (Å²) in [6.45, 7) is 0. The van der Waals surface area contributed by atoms with Crippen molar-refractivity contribution in [2.45, 2.75) is 12.5 Å². The molecule has 0 aromatic carbocycles. The van der Waals surface area contributed by atoms with E-state index in [4.69, 9.17) is 17.3 Å². The molecule has 0 saturated heterocycles. The Bertz CT molecular complexity index is 397. The number of thiazole rings is 1. The molecule has 0 amide bonds. The number of halogens is 1. The fourth-order valence-electron chi connectivity index (χ4n) is 1.22. The van der Waals surface area contributed by atoms with Crippen molar-refractivity contribution >= 4 is 34.3 Å². The maximum atomic E-state index is 6.04. The van der Waals surface area contributed by atoms with Gasteiger partial charge in [0.05, 0.1) is 10.5 Å². The number of hydrogen-bond acceptors (Lipinski definition) is 4. The molecule has 0 fully saturated rings. The van der Waals surface area contributed by atoms with Crippen LogP contribution in [0.4, 0.5) is 0 Å². The SMILES string of the molecule is NC(Cc1cncs1)c1sccc1Cl. The Labute approximate surface area is 95.4 Å². The molecule has 0 saturated carbocycles. The van der Waals surface area contributed by atoms with Gasteiger partial charge in [0.2, 0.25) is 0 Å². The molecule has 0 radical (unpaired) electrons. The summed E-state index contributed by atoms with van der Waals surface area (Å²) in [5, 5.41) is 2.73. The highest BCUT2D eigenvalue weighted by Gasteiger charge is 2.12. The first-order valence-electron chi connectivity index (χ1n) is 4.13.